The zero-order chi connectivity index (χ0) is 21.1. The number of carbonyl (C=O) groups is 1. The maximum absolute atomic E-state index is 13.1. The van der Waals surface area contributed by atoms with Gasteiger partial charge in [0.15, 0.2) is 0 Å². The lowest BCUT2D eigenvalue weighted by Crippen LogP contribution is -2.34. The van der Waals surface area contributed by atoms with Crippen LogP contribution in [0.5, 0.6) is 0 Å². The number of nitrogens with zero attached hydrogens (tertiary/aromatic N) is 3. The van der Waals surface area contributed by atoms with Gasteiger partial charge in [-0.2, -0.15) is 5.10 Å². The smallest absolute Gasteiger partial charge is 0.263 e. The van der Waals surface area contributed by atoms with Crippen molar-refractivity contribution in [1.82, 2.24) is 15.0 Å². The molecular weight excluding hydrogens is 396 g/mol. The number of aryl methyl sites for hydroxylation is 1. The molecule has 0 spiro atoms. The molecule has 6 nitrogen and oxygen atoms in total. The second-order valence-corrected chi connectivity index (χ2v) is 8.77. The zero-order valence-electron chi connectivity index (χ0n) is 17.0. The van der Waals surface area contributed by atoms with E-state index in [0.29, 0.717) is 11.3 Å². The fourth-order valence-electron chi connectivity index (χ4n) is 3.70. The molecule has 30 heavy (non-hydrogen) atoms. The molecule has 3 aromatic rings. The van der Waals surface area contributed by atoms with Gasteiger partial charge in [-0.15, -0.1) is 11.3 Å². The highest BCUT2D eigenvalue weighted by Gasteiger charge is 2.25. The predicted octanol–water partition coefficient (Wildman–Crippen LogP) is 3.96. The fraction of sp³-hybridized carbons (Fsp3) is 0.304. The van der Waals surface area contributed by atoms with Crippen molar-refractivity contribution in [2.24, 2.45) is 11.0 Å². The molecule has 0 saturated heterocycles. The van der Waals surface area contributed by atoms with E-state index in [-0.39, 0.29) is 11.5 Å². The summed E-state index contributed by atoms with van der Waals surface area (Å²) in [6.07, 6.45) is 9.60. The highest BCUT2D eigenvalue weighted by molar-refractivity contribution is 7.18. The molecule has 0 bridgehead atoms. The lowest BCUT2D eigenvalue weighted by atomic mass is 9.89. The van der Waals surface area contributed by atoms with Gasteiger partial charge in [0, 0.05) is 11.1 Å². The number of thiophene rings is 1. The highest BCUT2D eigenvalue weighted by Crippen LogP contribution is 2.35. The molecule has 2 atom stereocenters. The molecule has 0 unspecified atom stereocenters. The molecular formula is C23H24N4O2S. The molecule has 2 aromatic heterocycles. The molecule has 7 heteroatoms. The van der Waals surface area contributed by atoms with Gasteiger partial charge >= 0.3 is 0 Å². The third kappa shape index (κ3) is 4.11. The monoisotopic (exact) mass is 420 g/mol. The number of hydrogen-bond donors (Lipinski definition) is 1. The van der Waals surface area contributed by atoms with E-state index in [0.717, 1.165) is 35.2 Å². The Kier molecular flexibility index (Phi) is 5.90. The standard InChI is InChI=1S/C23H24N4O2S/c1-15-10-11-18-19(13-15)30-22-20(18)23(29)27(14-24-22)16(2)21(28)26-25-12-6-9-17-7-4-3-5-8-17/h3-9,12,14-16H,10-11,13H2,1-2H3,(H,26,28)/b9-6+,25-12+/t15-,16-/m0/s1. The van der Waals surface area contributed by atoms with E-state index in [4.69, 9.17) is 0 Å². The van der Waals surface area contributed by atoms with Crippen molar-refractivity contribution in [3.05, 3.63) is 69.1 Å². The summed E-state index contributed by atoms with van der Waals surface area (Å²) >= 11 is 1.61. The highest BCUT2D eigenvalue weighted by atomic mass is 32.1. The summed E-state index contributed by atoms with van der Waals surface area (Å²) in [6.45, 7) is 3.92. The fourth-order valence-corrected chi connectivity index (χ4v) is 5.04. The topological polar surface area (TPSA) is 76.3 Å². The maximum Gasteiger partial charge on any atom is 0.263 e. The predicted molar refractivity (Wildman–Crippen MR) is 122 cm³/mol. The van der Waals surface area contributed by atoms with Crippen LogP contribution >= 0.6 is 11.3 Å². The molecule has 4 rings (SSSR count). The van der Waals surface area contributed by atoms with Gasteiger partial charge in [-0.3, -0.25) is 14.2 Å². The molecule has 2 heterocycles. The quantitative estimate of drug-likeness (QED) is 0.501. The number of hydrogen-bond acceptors (Lipinski definition) is 5. The summed E-state index contributed by atoms with van der Waals surface area (Å²) < 4.78 is 1.40. The van der Waals surface area contributed by atoms with Gasteiger partial charge in [-0.1, -0.05) is 43.3 Å². The third-order valence-corrected chi connectivity index (χ3v) is 6.62. The van der Waals surface area contributed by atoms with E-state index in [1.54, 1.807) is 24.3 Å². The SMILES string of the molecule is C[C@H]1CCc2c(sc3ncn([C@@H](C)C(=O)N/N=C/C=C/c4ccccc4)c(=O)c23)C1. The van der Waals surface area contributed by atoms with E-state index in [1.165, 1.54) is 22.0 Å². The Labute approximate surface area is 179 Å². The Morgan fingerprint density at radius 3 is 2.97 bits per heavy atom. The van der Waals surface area contributed by atoms with Crippen molar-refractivity contribution in [3.8, 4) is 0 Å². The van der Waals surface area contributed by atoms with E-state index in [9.17, 15) is 9.59 Å². The van der Waals surface area contributed by atoms with Crippen molar-refractivity contribution < 1.29 is 4.79 Å². The number of aromatic nitrogens is 2. The lowest BCUT2D eigenvalue weighted by molar-refractivity contribution is -0.123. The Morgan fingerprint density at radius 2 is 2.17 bits per heavy atom. The normalized spacial score (nSPS) is 17.5. The molecule has 154 valence electrons. The first kappa shape index (κ1) is 20.2. The number of fused-ring (bicyclic) bond motifs is 3. The summed E-state index contributed by atoms with van der Waals surface area (Å²) in [5, 5.41) is 4.63. The number of amides is 1. The van der Waals surface area contributed by atoms with Crippen LogP contribution in [0.15, 0.2) is 52.6 Å². The van der Waals surface area contributed by atoms with E-state index < -0.39 is 6.04 Å². The van der Waals surface area contributed by atoms with E-state index >= 15 is 0 Å². The minimum atomic E-state index is -0.706. The van der Waals surface area contributed by atoms with Crippen LogP contribution in [0.2, 0.25) is 0 Å². The summed E-state index contributed by atoms with van der Waals surface area (Å²) in [5.41, 5.74) is 4.51. The molecule has 0 saturated carbocycles. The number of benzene rings is 1. The van der Waals surface area contributed by atoms with E-state index in [1.807, 2.05) is 36.4 Å². The number of rotatable bonds is 5. The van der Waals surface area contributed by atoms with Gasteiger partial charge in [0.1, 0.15) is 10.9 Å². The van der Waals surface area contributed by atoms with Gasteiger partial charge in [-0.05, 0) is 49.3 Å². The van der Waals surface area contributed by atoms with Crippen molar-refractivity contribution in [2.45, 2.75) is 39.2 Å². The number of carbonyl (C=O) groups excluding carboxylic acids is 1. The lowest BCUT2D eigenvalue weighted by Gasteiger charge is -2.18. The van der Waals surface area contributed by atoms with Gasteiger partial charge in [0.05, 0.1) is 11.7 Å². The number of allylic oxidation sites excluding steroid dienone is 1. The maximum atomic E-state index is 13.1. The van der Waals surface area contributed by atoms with Crippen LogP contribution in [0.25, 0.3) is 16.3 Å². The summed E-state index contributed by atoms with van der Waals surface area (Å²) in [4.78, 5) is 32.1. The average molecular weight is 421 g/mol. The van der Waals surface area contributed by atoms with Crippen molar-refractivity contribution in [2.75, 3.05) is 0 Å². The average Bonchev–Trinajstić information content (AvgIpc) is 3.12. The van der Waals surface area contributed by atoms with Crippen LogP contribution in [0, 0.1) is 5.92 Å². The first-order chi connectivity index (χ1) is 14.5. The molecule has 1 aromatic carbocycles. The summed E-state index contributed by atoms with van der Waals surface area (Å²) in [5.74, 6) is 0.270. The molecule has 1 aliphatic carbocycles. The molecule has 0 fully saturated rings. The minimum absolute atomic E-state index is 0.150. The first-order valence-electron chi connectivity index (χ1n) is 10.1. The third-order valence-electron chi connectivity index (χ3n) is 5.46. The molecule has 1 amide bonds. The van der Waals surface area contributed by atoms with Crippen LogP contribution in [0.1, 0.15) is 42.3 Å². The summed E-state index contributed by atoms with van der Waals surface area (Å²) in [7, 11) is 0. The molecule has 1 aliphatic rings. The van der Waals surface area contributed by atoms with Gasteiger partial charge in [0.2, 0.25) is 0 Å². The van der Waals surface area contributed by atoms with Gasteiger partial charge in [0.25, 0.3) is 11.5 Å². The van der Waals surface area contributed by atoms with E-state index in [2.05, 4.69) is 22.4 Å². The second kappa shape index (κ2) is 8.75. The Hall–Kier alpha value is -3.06. The Morgan fingerprint density at radius 1 is 1.37 bits per heavy atom. The number of nitrogens with one attached hydrogen (secondary N) is 1. The molecule has 0 aliphatic heterocycles. The van der Waals surface area contributed by atoms with Gasteiger partial charge < -0.3 is 0 Å². The molecule has 0 radical (unpaired) electrons. The first-order valence-corrected chi connectivity index (χ1v) is 10.9. The van der Waals surface area contributed by atoms with Crippen LogP contribution in [-0.4, -0.2) is 21.7 Å². The van der Waals surface area contributed by atoms with Gasteiger partial charge in [-0.25, -0.2) is 10.4 Å². The van der Waals surface area contributed by atoms with Crippen LogP contribution < -0.4 is 11.0 Å². The van der Waals surface area contributed by atoms with Crippen molar-refractivity contribution in [1.29, 1.82) is 0 Å². The minimum Gasteiger partial charge on any atom is -0.286 e. The number of hydrazone groups is 1. The van der Waals surface area contributed by atoms with Crippen molar-refractivity contribution in [3.63, 3.8) is 0 Å². The largest absolute Gasteiger partial charge is 0.286 e. The zero-order valence-corrected chi connectivity index (χ0v) is 17.9. The van der Waals surface area contributed by atoms with Crippen LogP contribution in [0.3, 0.4) is 0 Å². The molecule has 1 N–H and O–H groups in total. The Bertz CT molecular complexity index is 1180. The summed E-state index contributed by atoms with van der Waals surface area (Å²) in [6, 6.07) is 9.10. The second-order valence-electron chi connectivity index (χ2n) is 7.69. The van der Waals surface area contributed by atoms with Crippen molar-refractivity contribution >= 4 is 39.8 Å². The Balaban J connectivity index is 1.48. The van der Waals surface area contributed by atoms with Crippen LogP contribution in [0.4, 0.5) is 0 Å². The van der Waals surface area contributed by atoms with Crippen LogP contribution in [-0.2, 0) is 17.6 Å².